The minimum atomic E-state index is -0.137. The topological polar surface area (TPSA) is 93.8 Å². The molecular formula is C23H26BrN7O. The third-order valence-corrected chi connectivity index (χ3v) is 7.37. The number of halogens is 1. The molecule has 9 heteroatoms. The quantitative estimate of drug-likeness (QED) is 0.444. The normalized spacial score (nSPS) is 20.8. The molecule has 5 rings (SSSR count). The van der Waals surface area contributed by atoms with Crippen molar-refractivity contribution in [2.24, 2.45) is 0 Å². The van der Waals surface area contributed by atoms with Crippen LogP contribution >= 0.6 is 15.9 Å². The molecule has 4 aromatic rings. The summed E-state index contributed by atoms with van der Waals surface area (Å²) in [5, 5.41) is 7.30. The SMILES string of the molecule is CC[C@@H]1CN(c2c(Br)c(=O)[nH]c3c[nH]nc23)[C@@H](C)CN1C(C)c1ccc2nccnc2c1. The van der Waals surface area contributed by atoms with Crippen molar-refractivity contribution in [1.29, 1.82) is 0 Å². The molecule has 1 saturated heterocycles. The Morgan fingerprint density at radius 3 is 2.78 bits per heavy atom. The molecule has 32 heavy (non-hydrogen) atoms. The summed E-state index contributed by atoms with van der Waals surface area (Å²) in [6, 6.07) is 7.14. The van der Waals surface area contributed by atoms with E-state index in [0.717, 1.165) is 47.3 Å². The van der Waals surface area contributed by atoms with Crippen LogP contribution < -0.4 is 10.5 Å². The van der Waals surface area contributed by atoms with E-state index < -0.39 is 0 Å². The van der Waals surface area contributed by atoms with E-state index in [1.807, 2.05) is 0 Å². The first-order valence-electron chi connectivity index (χ1n) is 11.0. The zero-order valence-corrected chi connectivity index (χ0v) is 19.9. The smallest absolute Gasteiger partial charge is 0.265 e. The second-order valence-electron chi connectivity index (χ2n) is 8.50. The van der Waals surface area contributed by atoms with Gasteiger partial charge in [-0.3, -0.25) is 24.8 Å². The van der Waals surface area contributed by atoms with Gasteiger partial charge in [-0.25, -0.2) is 0 Å². The number of pyridine rings is 1. The van der Waals surface area contributed by atoms with E-state index in [1.165, 1.54) is 5.56 Å². The van der Waals surface area contributed by atoms with E-state index in [2.05, 4.69) is 89.8 Å². The number of fused-ring (bicyclic) bond motifs is 2. The van der Waals surface area contributed by atoms with Crippen molar-refractivity contribution in [3.8, 4) is 0 Å². The zero-order chi connectivity index (χ0) is 22.4. The third kappa shape index (κ3) is 3.49. The highest BCUT2D eigenvalue weighted by Crippen LogP contribution is 2.36. The number of nitrogens with one attached hydrogen (secondary N) is 2. The summed E-state index contributed by atoms with van der Waals surface area (Å²) < 4.78 is 0.536. The predicted molar refractivity (Wildman–Crippen MR) is 130 cm³/mol. The van der Waals surface area contributed by atoms with Gasteiger partial charge in [0, 0.05) is 49.8 Å². The molecule has 0 spiro atoms. The van der Waals surface area contributed by atoms with Crippen molar-refractivity contribution in [3.63, 3.8) is 0 Å². The molecule has 0 aliphatic carbocycles. The lowest BCUT2D eigenvalue weighted by Gasteiger charge is -2.48. The predicted octanol–water partition coefficient (Wildman–Crippen LogP) is 4.01. The van der Waals surface area contributed by atoms with Crippen molar-refractivity contribution in [2.75, 3.05) is 18.0 Å². The summed E-state index contributed by atoms with van der Waals surface area (Å²) in [5.41, 5.74) is 5.31. The van der Waals surface area contributed by atoms with Crippen LogP contribution in [0.1, 0.15) is 38.8 Å². The van der Waals surface area contributed by atoms with Gasteiger partial charge in [-0.1, -0.05) is 13.0 Å². The number of H-pyrrole nitrogens is 2. The lowest BCUT2D eigenvalue weighted by molar-refractivity contribution is 0.106. The summed E-state index contributed by atoms with van der Waals surface area (Å²) in [7, 11) is 0. The molecule has 1 aliphatic heterocycles. The van der Waals surface area contributed by atoms with Crippen LogP contribution in [-0.2, 0) is 0 Å². The Bertz CT molecular complexity index is 1330. The molecule has 0 radical (unpaired) electrons. The first-order chi connectivity index (χ1) is 15.5. The Balaban J connectivity index is 1.48. The maximum atomic E-state index is 12.5. The zero-order valence-electron chi connectivity index (χ0n) is 18.3. The van der Waals surface area contributed by atoms with Crippen molar-refractivity contribution in [3.05, 3.63) is 57.2 Å². The Morgan fingerprint density at radius 2 is 2.00 bits per heavy atom. The fourth-order valence-electron chi connectivity index (χ4n) is 4.86. The van der Waals surface area contributed by atoms with Crippen molar-refractivity contribution in [1.82, 2.24) is 30.0 Å². The van der Waals surface area contributed by atoms with Gasteiger partial charge in [0.25, 0.3) is 5.56 Å². The average Bonchev–Trinajstić information content (AvgIpc) is 3.27. The Hall–Kier alpha value is -2.78. The summed E-state index contributed by atoms with van der Waals surface area (Å²) in [4.78, 5) is 29.2. The molecule has 8 nitrogen and oxygen atoms in total. The fraction of sp³-hybridized carbons (Fsp3) is 0.391. The minimum Gasteiger partial charge on any atom is -0.363 e. The number of benzene rings is 1. The van der Waals surface area contributed by atoms with Crippen LogP contribution in [0.15, 0.2) is 46.1 Å². The summed E-state index contributed by atoms with van der Waals surface area (Å²) in [5.74, 6) is 0. The van der Waals surface area contributed by atoms with E-state index in [-0.39, 0.29) is 17.6 Å². The van der Waals surface area contributed by atoms with Gasteiger partial charge in [-0.05, 0) is 53.9 Å². The van der Waals surface area contributed by atoms with Gasteiger partial charge < -0.3 is 9.88 Å². The highest BCUT2D eigenvalue weighted by molar-refractivity contribution is 9.10. The molecule has 1 aromatic carbocycles. The molecule has 2 N–H and O–H groups in total. The maximum absolute atomic E-state index is 12.5. The number of hydrogen-bond donors (Lipinski definition) is 2. The molecule has 166 valence electrons. The highest BCUT2D eigenvalue weighted by atomic mass is 79.9. The Morgan fingerprint density at radius 1 is 1.22 bits per heavy atom. The van der Waals surface area contributed by atoms with Gasteiger partial charge in [0.2, 0.25) is 0 Å². The number of aromatic amines is 2. The average molecular weight is 496 g/mol. The third-order valence-electron chi connectivity index (χ3n) is 6.64. The lowest BCUT2D eigenvalue weighted by Crippen LogP contribution is -2.58. The molecule has 3 aromatic heterocycles. The first kappa shape index (κ1) is 21.1. The van der Waals surface area contributed by atoms with Gasteiger partial charge in [0.1, 0.15) is 9.99 Å². The molecule has 0 bridgehead atoms. The molecule has 0 saturated carbocycles. The van der Waals surface area contributed by atoms with Crippen LogP contribution in [0.25, 0.3) is 22.1 Å². The largest absolute Gasteiger partial charge is 0.363 e. The maximum Gasteiger partial charge on any atom is 0.265 e. The lowest BCUT2D eigenvalue weighted by atomic mass is 9.98. The van der Waals surface area contributed by atoms with Crippen LogP contribution in [0.2, 0.25) is 0 Å². The molecule has 4 heterocycles. The first-order valence-corrected chi connectivity index (χ1v) is 11.8. The summed E-state index contributed by atoms with van der Waals surface area (Å²) in [6.45, 7) is 8.39. The van der Waals surface area contributed by atoms with E-state index in [0.29, 0.717) is 10.5 Å². The number of aromatic nitrogens is 5. The molecule has 0 amide bonds. The van der Waals surface area contributed by atoms with Crippen molar-refractivity contribution in [2.45, 2.75) is 45.3 Å². The molecule has 3 atom stereocenters. The number of rotatable bonds is 4. The standard InChI is InChI=1S/C23H26BrN7O/c1-4-16-12-30(22-20(24)23(32)28-19-10-27-29-21(19)22)13(2)11-31(16)14(3)15-5-6-17-18(9-15)26-8-7-25-17/h5-10,13-14,16H,4,11-12H2,1-3H3,(H,27,29)(H,28,32)/t13-,14?,16+/m0/s1. The van der Waals surface area contributed by atoms with E-state index in [4.69, 9.17) is 0 Å². The molecule has 1 aliphatic rings. The van der Waals surface area contributed by atoms with Gasteiger partial charge in [-0.15, -0.1) is 0 Å². The van der Waals surface area contributed by atoms with Crippen LogP contribution in [0, 0.1) is 0 Å². The summed E-state index contributed by atoms with van der Waals surface area (Å²) in [6.07, 6.45) is 6.20. The number of piperazine rings is 1. The van der Waals surface area contributed by atoms with E-state index in [1.54, 1.807) is 18.6 Å². The van der Waals surface area contributed by atoms with E-state index in [9.17, 15) is 4.79 Å². The molecule has 1 unspecified atom stereocenters. The van der Waals surface area contributed by atoms with Gasteiger partial charge in [0.15, 0.2) is 0 Å². The number of hydrogen-bond acceptors (Lipinski definition) is 6. The van der Waals surface area contributed by atoms with Crippen LogP contribution in [-0.4, -0.2) is 55.2 Å². The van der Waals surface area contributed by atoms with Gasteiger partial charge in [-0.2, -0.15) is 5.10 Å². The van der Waals surface area contributed by atoms with Crippen LogP contribution in [0.3, 0.4) is 0 Å². The van der Waals surface area contributed by atoms with Crippen molar-refractivity contribution < 1.29 is 0 Å². The van der Waals surface area contributed by atoms with Crippen LogP contribution in [0.4, 0.5) is 5.69 Å². The number of anilines is 1. The van der Waals surface area contributed by atoms with Crippen molar-refractivity contribution >= 4 is 43.7 Å². The second-order valence-corrected chi connectivity index (χ2v) is 9.30. The minimum absolute atomic E-state index is 0.137. The highest BCUT2D eigenvalue weighted by Gasteiger charge is 2.36. The fourth-order valence-corrected chi connectivity index (χ4v) is 5.38. The second kappa shape index (κ2) is 8.29. The Labute approximate surface area is 194 Å². The Kier molecular flexibility index (Phi) is 5.46. The van der Waals surface area contributed by atoms with Gasteiger partial charge in [0.05, 0.1) is 22.2 Å². The summed E-state index contributed by atoms with van der Waals surface area (Å²) >= 11 is 3.53. The van der Waals surface area contributed by atoms with E-state index >= 15 is 0 Å². The monoisotopic (exact) mass is 495 g/mol. The van der Waals surface area contributed by atoms with Crippen LogP contribution in [0.5, 0.6) is 0 Å². The number of nitrogens with zero attached hydrogens (tertiary/aromatic N) is 5. The molecular weight excluding hydrogens is 470 g/mol. The van der Waals surface area contributed by atoms with Gasteiger partial charge >= 0.3 is 0 Å². The molecule has 1 fully saturated rings.